The van der Waals surface area contributed by atoms with Gasteiger partial charge in [-0.3, -0.25) is 14.5 Å². The summed E-state index contributed by atoms with van der Waals surface area (Å²) >= 11 is 0. The van der Waals surface area contributed by atoms with Gasteiger partial charge >= 0.3 is 0 Å². The van der Waals surface area contributed by atoms with Crippen LogP contribution in [0.15, 0.2) is 42.5 Å². The number of benzene rings is 2. The minimum Gasteiger partial charge on any atom is -0.476 e. The minimum absolute atomic E-state index is 0.00308. The van der Waals surface area contributed by atoms with Gasteiger partial charge < -0.3 is 4.74 Å². The highest BCUT2D eigenvalue weighted by Crippen LogP contribution is 2.38. The number of hydrogen-bond donors (Lipinski definition) is 0. The molecule has 26 heavy (non-hydrogen) atoms. The van der Waals surface area contributed by atoms with Crippen molar-refractivity contribution in [1.29, 1.82) is 0 Å². The van der Waals surface area contributed by atoms with Gasteiger partial charge in [0.15, 0.2) is 11.4 Å². The standard InChI is InChI=1S/C22H25NO3/c1-14(2)16-7-9-17(10-8-16)19(24)13-23-18-12-15(3)6-11-20(18)26-22(4,5)21(23)25/h6-12,14H,13H2,1-5H3. The number of nitrogens with zero attached hydrogens (tertiary/aromatic N) is 1. The van der Waals surface area contributed by atoms with E-state index in [9.17, 15) is 9.59 Å². The molecule has 0 aliphatic carbocycles. The number of carbonyl (C=O) groups excluding carboxylic acids is 2. The van der Waals surface area contributed by atoms with Gasteiger partial charge in [-0.15, -0.1) is 0 Å². The first-order chi connectivity index (χ1) is 12.2. The second kappa shape index (κ2) is 6.60. The summed E-state index contributed by atoms with van der Waals surface area (Å²) in [6.07, 6.45) is 0. The number of fused-ring (bicyclic) bond motifs is 1. The first-order valence-electron chi connectivity index (χ1n) is 8.94. The van der Waals surface area contributed by atoms with E-state index in [2.05, 4.69) is 13.8 Å². The SMILES string of the molecule is Cc1ccc2c(c1)N(CC(=O)c1ccc(C(C)C)cc1)C(=O)C(C)(C)O2. The number of carbonyl (C=O) groups is 2. The predicted molar refractivity (Wildman–Crippen MR) is 103 cm³/mol. The summed E-state index contributed by atoms with van der Waals surface area (Å²) in [4.78, 5) is 27.2. The summed E-state index contributed by atoms with van der Waals surface area (Å²) in [5.41, 5.74) is 2.47. The molecule has 0 saturated heterocycles. The summed E-state index contributed by atoms with van der Waals surface area (Å²) in [5, 5.41) is 0. The molecule has 2 aromatic rings. The quantitative estimate of drug-likeness (QED) is 0.762. The monoisotopic (exact) mass is 351 g/mol. The fourth-order valence-electron chi connectivity index (χ4n) is 3.12. The second-order valence-corrected chi connectivity index (χ2v) is 7.67. The van der Waals surface area contributed by atoms with Crippen molar-refractivity contribution >= 4 is 17.4 Å². The Morgan fingerprint density at radius 1 is 1.12 bits per heavy atom. The van der Waals surface area contributed by atoms with E-state index < -0.39 is 5.60 Å². The summed E-state index contributed by atoms with van der Waals surface area (Å²) in [5.74, 6) is 0.750. The molecule has 1 aliphatic rings. The molecule has 3 rings (SSSR count). The van der Waals surface area contributed by atoms with E-state index in [4.69, 9.17) is 4.74 Å². The zero-order valence-corrected chi connectivity index (χ0v) is 16.0. The van der Waals surface area contributed by atoms with Crippen molar-refractivity contribution in [1.82, 2.24) is 0 Å². The molecule has 4 heteroatoms. The van der Waals surface area contributed by atoms with E-state index in [0.29, 0.717) is 22.9 Å². The van der Waals surface area contributed by atoms with Crippen molar-refractivity contribution in [2.75, 3.05) is 11.4 Å². The number of ether oxygens (including phenoxy) is 1. The molecule has 1 amide bonds. The summed E-state index contributed by atoms with van der Waals surface area (Å²) < 4.78 is 5.84. The Hall–Kier alpha value is -2.62. The van der Waals surface area contributed by atoms with Gasteiger partial charge in [-0.05, 0) is 49.9 Å². The van der Waals surface area contributed by atoms with Crippen LogP contribution in [0.5, 0.6) is 5.75 Å². The highest BCUT2D eigenvalue weighted by Gasteiger charge is 2.41. The van der Waals surface area contributed by atoms with Crippen LogP contribution in [0.2, 0.25) is 0 Å². The summed E-state index contributed by atoms with van der Waals surface area (Å²) in [6, 6.07) is 13.3. The smallest absolute Gasteiger partial charge is 0.271 e. The zero-order valence-electron chi connectivity index (χ0n) is 16.0. The predicted octanol–water partition coefficient (Wildman–Crippen LogP) is 4.51. The van der Waals surface area contributed by atoms with Crippen LogP contribution in [0.4, 0.5) is 5.69 Å². The Labute approximate surface area is 154 Å². The fraction of sp³-hybridized carbons (Fsp3) is 0.364. The molecule has 0 aromatic heterocycles. The molecular weight excluding hydrogens is 326 g/mol. The van der Waals surface area contributed by atoms with Crippen molar-refractivity contribution in [3.8, 4) is 5.75 Å². The minimum atomic E-state index is -0.996. The zero-order chi connectivity index (χ0) is 19.1. The maximum absolute atomic E-state index is 12.9. The van der Waals surface area contributed by atoms with E-state index in [-0.39, 0.29) is 18.2 Å². The van der Waals surface area contributed by atoms with Crippen LogP contribution in [0.25, 0.3) is 0 Å². The Kier molecular flexibility index (Phi) is 4.61. The van der Waals surface area contributed by atoms with Crippen LogP contribution >= 0.6 is 0 Å². The van der Waals surface area contributed by atoms with E-state index in [1.54, 1.807) is 18.7 Å². The van der Waals surface area contributed by atoms with Crippen LogP contribution < -0.4 is 9.64 Å². The average Bonchev–Trinajstić information content (AvgIpc) is 2.59. The van der Waals surface area contributed by atoms with Crippen molar-refractivity contribution in [2.45, 2.75) is 46.1 Å². The lowest BCUT2D eigenvalue weighted by atomic mass is 9.99. The lowest BCUT2D eigenvalue weighted by Crippen LogP contribution is -2.53. The molecule has 0 saturated carbocycles. The maximum Gasteiger partial charge on any atom is 0.271 e. The molecule has 136 valence electrons. The van der Waals surface area contributed by atoms with Gasteiger partial charge in [0.2, 0.25) is 0 Å². The third-order valence-corrected chi connectivity index (χ3v) is 4.73. The molecule has 1 heterocycles. The molecule has 2 aromatic carbocycles. The highest BCUT2D eigenvalue weighted by atomic mass is 16.5. The van der Waals surface area contributed by atoms with Crippen molar-refractivity contribution in [3.63, 3.8) is 0 Å². The van der Waals surface area contributed by atoms with Crippen LogP contribution in [0, 0.1) is 6.92 Å². The lowest BCUT2D eigenvalue weighted by Gasteiger charge is -2.38. The second-order valence-electron chi connectivity index (χ2n) is 7.67. The van der Waals surface area contributed by atoms with Gasteiger partial charge in [0.1, 0.15) is 5.75 Å². The molecule has 0 spiro atoms. The number of anilines is 1. The number of amides is 1. The molecule has 0 fully saturated rings. The molecule has 0 radical (unpaired) electrons. The van der Waals surface area contributed by atoms with Gasteiger partial charge in [-0.1, -0.05) is 44.2 Å². The Morgan fingerprint density at radius 3 is 2.38 bits per heavy atom. The van der Waals surface area contributed by atoms with E-state index in [1.165, 1.54) is 5.56 Å². The van der Waals surface area contributed by atoms with E-state index in [1.807, 2.05) is 49.4 Å². The Morgan fingerprint density at radius 2 is 1.77 bits per heavy atom. The van der Waals surface area contributed by atoms with Gasteiger partial charge in [0, 0.05) is 5.56 Å². The first kappa shape index (κ1) is 18.2. The average molecular weight is 351 g/mol. The summed E-state index contributed by atoms with van der Waals surface area (Å²) in [6.45, 7) is 9.65. The van der Waals surface area contributed by atoms with Crippen LogP contribution in [-0.2, 0) is 4.79 Å². The number of hydrogen-bond acceptors (Lipinski definition) is 3. The Bertz CT molecular complexity index is 850. The topological polar surface area (TPSA) is 46.6 Å². The van der Waals surface area contributed by atoms with Gasteiger partial charge in [0.05, 0.1) is 12.2 Å². The Balaban J connectivity index is 1.91. The highest BCUT2D eigenvalue weighted by molar-refractivity contribution is 6.09. The fourth-order valence-corrected chi connectivity index (χ4v) is 3.12. The van der Waals surface area contributed by atoms with Crippen molar-refractivity contribution < 1.29 is 14.3 Å². The first-order valence-corrected chi connectivity index (χ1v) is 8.94. The van der Waals surface area contributed by atoms with Gasteiger partial charge in [-0.25, -0.2) is 0 Å². The number of aryl methyl sites for hydroxylation is 1. The molecule has 4 nitrogen and oxygen atoms in total. The van der Waals surface area contributed by atoms with Crippen molar-refractivity contribution in [3.05, 3.63) is 59.2 Å². The third-order valence-electron chi connectivity index (χ3n) is 4.73. The van der Waals surface area contributed by atoms with Crippen LogP contribution in [0.3, 0.4) is 0 Å². The summed E-state index contributed by atoms with van der Waals surface area (Å²) in [7, 11) is 0. The number of Topliss-reactive ketones (excluding diaryl/α,β-unsaturated/α-hetero) is 1. The molecule has 0 unspecified atom stereocenters. The molecule has 0 atom stereocenters. The van der Waals surface area contributed by atoms with E-state index in [0.717, 1.165) is 5.56 Å². The normalized spacial score (nSPS) is 15.6. The van der Waals surface area contributed by atoms with Gasteiger partial charge in [-0.2, -0.15) is 0 Å². The molecule has 0 bridgehead atoms. The number of rotatable bonds is 4. The third kappa shape index (κ3) is 3.36. The van der Waals surface area contributed by atoms with Crippen molar-refractivity contribution in [2.24, 2.45) is 0 Å². The molecular formula is C22H25NO3. The van der Waals surface area contributed by atoms with E-state index >= 15 is 0 Å². The number of ketones is 1. The molecule has 0 N–H and O–H groups in total. The van der Waals surface area contributed by atoms with Gasteiger partial charge in [0.25, 0.3) is 5.91 Å². The van der Waals surface area contributed by atoms with Crippen LogP contribution in [0.1, 0.15) is 55.1 Å². The largest absolute Gasteiger partial charge is 0.476 e. The van der Waals surface area contributed by atoms with Crippen LogP contribution in [-0.4, -0.2) is 23.8 Å². The molecule has 1 aliphatic heterocycles. The lowest BCUT2D eigenvalue weighted by molar-refractivity contribution is -0.132. The maximum atomic E-state index is 12.9.